The third kappa shape index (κ3) is 3.04. The summed E-state index contributed by atoms with van der Waals surface area (Å²) in [6.45, 7) is 0. The predicted molar refractivity (Wildman–Crippen MR) is 68.5 cm³/mol. The van der Waals surface area contributed by atoms with E-state index in [-0.39, 0.29) is 5.17 Å². The van der Waals surface area contributed by atoms with Gasteiger partial charge in [0.2, 0.25) is 0 Å². The molecule has 0 radical (unpaired) electrons. The Morgan fingerprint density at radius 1 is 1.24 bits per heavy atom. The molecule has 3 nitrogen and oxygen atoms in total. The molecule has 0 bridgehead atoms. The Hall–Kier alpha value is -1.87. The van der Waals surface area contributed by atoms with Gasteiger partial charge >= 0.3 is 0 Å². The predicted octanol–water partition coefficient (Wildman–Crippen LogP) is 3.32. The van der Waals surface area contributed by atoms with Crippen molar-refractivity contribution >= 4 is 16.8 Å². The molecule has 0 atom stereocenters. The summed E-state index contributed by atoms with van der Waals surface area (Å²) in [6.07, 6.45) is 2.17. The zero-order valence-electron chi connectivity index (χ0n) is 9.05. The summed E-state index contributed by atoms with van der Waals surface area (Å²) in [7, 11) is 0. The molecule has 0 spiro atoms. The van der Waals surface area contributed by atoms with Crippen molar-refractivity contribution in [3.63, 3.8) is 0 Å². The van der Waals surface area contributed by atoms with E-state index >= 15 is 0 Å². The highest BCUT2D eigenvalue weighted by molar-refractivity contribution is 6.65. The molecule has 1 N–H and O–H groups in total. The number of hydrogen-bond acceptors (Lipinski definition) is 3. The van der Waals surface area contributed by atoms with E-state index in [1.54, 1.807) is 6.20 Å². The first kappa shape index (κ1) is 11.6. The van der Waals surface area contributed by atoms with Gasteiger partial charge < -0.3 is 5.21 Å². The molecule has 0 fully saturated rings. The molecule has 0 amide bonds. The van der Waals surface area contributed by atoms with Gasteiger partial charge in [-0.05, 0) is 23.8 Å². The van der Waals surface area contributed by atoms with Crippen molar-refractivity contribution in [2.75, 3.05) is 0 Å². The molecule has 4 heteroatoms. The van der Waals surface area contributed by atoms with Crippen LogP contribution in [0.3, 0.4) is 0 Å². The van der Waals surface area contributed by atoms with E-state index in [1.165, 1.54) is 0 Å². The van der Waals surface area contributed by atoms with E-state index in [4.69, 9.17) is 16.8 Å². The van der Waals surface area contributed by atoms with Gasteiger partial charge in [0.25, 0.3) is 0 Å². The second-order valence-electron chi connectivity index (χ2n) is 3.57. The number of benzene rings is 1. The Labute approximate surface area is 104 Å². The second kappa shape index (κ2) is 5.46. The summed E-state index contributed by atoms with van der Waals surface area (Å²) in [5, 5.41) is 11.6. The number of hydrogen-bond donors (Lipinski definition) is 1. The fourth-order valence-electron chi connectivity index (χ4n) is 1.58. The number of nitrogens with zero attached hydrogens (tertiary/aromatic N) is 2. The van der Waals surface area contributed by atoms with E-state index < -0.39 is 0 Å². The van der Waals surface area contributed by atoms with Crippen LogP contribution in [-0.2, 0) is 6.42 Å². The van der Waals surface area contributed by atoms with Crippen molar-refractivity contribution in [1.82, 2.24) is 4.98 Å². The van der Waals surface area contributed by atoms with Crippen molar-refractivity contribution in [1.29, 1.82) is 0 Å². The van der Waals surface area contributed by atoms with Crippen molar-refractivity contribution in [2.24, 2.45) is 5.16 Å². The van der Waals surface area contributed by atoms with Crippen LogP contribution in [0, 0.1) is 0 Å². The minimum Gasteiger partial charge on any atom is -0.410 e. The van der Waals surface area contributed by atoms with Crippen LogP contribution < -0.4 is 0 Å². The Kier molecular flexibility index (Phi) is 3.73. The van der Waals surface area contributed by atoms with E-state index in [9.17, 15) is 0 Å². The minimum absolute atomic E-state index is 0.170. The van der Waals surface area contributed by atoms with Gasteiger partial charge in [0, 0.05) is 18.2 Å². The molecule has 1 heterocycles. The first-order chi connectivity index (χ1) is 8.29. The van der Waals surface area contributed by atoms with Gasteiger partial charge in [-0.3, -0.25) is 4.98 Å². The second-order valence-corrected chi connectivity index (χ2v) is 4.00. The monoisotopic (exact) mass is 246 g/mol. The van der Waals surface area contributed by atoms with Crippen molar-refractivity contribution in [3.8, 4) is 11.3 Å². The van der Waals surface area contributed by atoms with E-state index in [2.05, 4.69) is 10.1 Å². The fraction of sp³-hybridized carbons (Fsp3) is 0.0769. The van der Waals surface area contributed by atoms with Crippen LogP contribution in [0.25, 0.3) is 11.3 Å². The van der Waals surface area contributed by atoms with Crippen LogP contribution in [0.4, 0.5) is 0 Å². The average Bonchev–Trinajstić information content (AvgIpc) is 2.40. The normalized spacial score (nSPS) is 11.5. The highest BCUT2D eigenvalue weighted by Crippen LogP contribution is 2.18. The quantitative estimate of drug-likeness (QED) is 0.513. The number of rotatable bonds is 3. The molecule has 0 aliphatic carbocycles. The summed E-state index contributed by atoms with van der Waals surface area (Å²) in [6, 6.07) is 13.6. The topological polar surface area (TPSA) is 45.5 Å². The Bertz CT molecular complexity index is 526. The van der Waals surface area contributed by atoms with Crippen molar-refractivity contribution in [2.45, 2.75) is 6.42 Å². The van der Waals surface area contributed by atoms with Crippen LogP contribution in [0.1, 0.15) is 5.56 Å². The SMILES string of the molecule is ON=C(Cl)Cc1cccc(-c2ccccn2)c1. The van der Waals surface area contributed by atoms with Crippen LogP contribution >= 0.6 is 11.6 Å². The third-order valence-electron chi connectivity index (χ3n) is 2.35. The number of halogens is 1. The molecule has 2 aromatic rings. The largest absolute Gasteiger partial charge is 0.410 e. The highest BCUT2D eigenvalue weighted by Gasteiger charge is 2.02. The van der Waals surface area contributed by atoms with Crippen LogP contribution in [0.2, 0.25) is 0 Å². The maximum atomic E-state index is 8.53. The third-order valence-corrected chi connectivity index (χ3v) is 2.56. The molecule has 0 aliphatic heterocycles. The van der Waals surface area contributed by atoms with Crippen molar-refractivity contribution < 1.29 is 5.21 Å². The van der Waals surface area contributed by atoms with Gasteiger partial charge in [-0.1, -0.05) is 41.0 Å². The van der Waals surface area contributed by atoms with E-state index in [0.29, 0.717) is 6.42 Å². The molecule has 1 aromatic carbocycles. The zero-order valence-corrected chi connectivity index (χ0v) is 9.80. The number of pyridine rings is 1. The van der Waals surface area contributed by atoms with Crippen LogP contribution in [0.15, 0.2) is 53.8 Å². The average molecular weight is 247 g/mol. The first-order valence-corrected chi connectivity index (χ1v) is 5.54. The molecule has 0 saturated carbocycles. The molecule has 0 saturated heterocycles. The fourth-order valence-corrected chi connectivity index (χ4v) is 1.73. The zero-order chi connectivity index (χ0) is 12.1. The number of aromatic nitrogens is 1. The standard InChI is InChI=1S/C13H11ClN2O/c14-13(16-17)9-10-4-3-5-11(8-10)12-6-1-2-7-15-12/h1-8,17H,9H2. The Balaban J connectivity index is 2.29. The molecule has 0 aliphatic rings. The molecule has 17 heavy (non-hydrogen) atoms. The summed E-state index contributed by atoms with van der Waals surface area (Å²) >= 11 is 5.68. The Morgan fingerprint density at radius 2 is 2.12 bits per heavy atom. The lowest BCUT2D eigenvalue weighted by Crippen LogP contribution is -1.94. The molecule has 0 unspecified atom stereocenters. The maximum absolute atomic E-state index is 8.53. The van der Waals surface area contributed by atoms with Gasteiger partial charge in [0.15, 0.2) is 0 Å². The van der Waals surface area contributed by atoms with Gasteiger partial charge in [-0.25, -0.2) is 0 Å². The summed E-state index contributed by atoms with van der Waals surface area (Å²) in [5.74, 6) is 0. The van der Waals surface area contributed by atoms with E-state index in [0.717, 1.165) is 16.8 Å². The first-order valence-electron chi connectivity index (χ1n) is 5.16. The molecule has 86 valence electrons. The molecule has 2 rings (SSSR count). The Morgan fingerprint density at radius 3 is 2.82 bits per heavy atom. The molecular formula is C13H11ClN2O. The van der Waals surface area contributed by atoms with Crippen molar-refractivity contribution in [3.05, 3.63) is 54.2 Å². The maximum Gasteiger partial charge on any atom is 0.149 e. The lowest BCUT2D eigenvalue weighted by molar-refractivity contribution is 0.319. The number of oxime groups is 1. The minimum atomic E-state index is 0.170. The van der Waals surface area contributed by atoms with Gasteiger partial charge in [-0.2, -0.15) is 0 Å². The lowest BCUT2D eigenvalue weighted by Gasteiger charge is -2.03. The highest BCUT2D eigenvalue weighted by atomic mass is 35.5. The molecule has 1 aromatic heterocycles. The van der Waals surface area contributed by atoms with Gasteiger partial charge in [-0.15, -0.1) is 0 Å². The van der Waals surface area contributed by atoms with Crippen LogP contribution in [0.5, 0.6) is 0 Å². The van der Waals surface area contributed by atoms with Gasteiger partial charge in [0.1, 0.15) is 5.17 Å². The summed E-state index contributed by atoms with van der Waals surface area (Å²) in [5.41, 5.74) is 2.91. The van der Waals surface area contributed by atoms with Gasteiger partial charge in [0.05, 0.1) is 5.69 Å². The van der Waals surface area contributed by atoms with Crippen LogP contribution in [-0.4, -0.2) is 15.4 Å². The lowest BCUT2D eigenvalue weighted by atomic mass is 10.1. The smallest absolute Gasteiger partial charge is 0.149 e. The summed E-state index contributed by atoms with van der Waals surface area (Å²) < 4.78 is 0. The molecular weight excluding hydrogens is 236 g/mol. The summed E-state index contributed by atoms with van der Waals surface area (Å²) in [4.78, 5) is 4.28. The van der Waals surface area contributed by atoms with E-state index in [1.807, 2.05) is 42.5 Å².